The molecule has 184 valence electrons. The molecule has 2 heteroatoms. The minimum Gasteiger partial charge on any atom is -0.299 e. The van der Waals surface area contributed by atoms with Gasteiger partial charge in [0, 0.05) is 11.3 Å². The molecule has 5 rings (SSSR count). The van der Waals surface area contributed by atoms with Gasteiger partial charge in [-0.25, -0.2) is 0 Å². The molecule has 0 aromatic rings. The van der Waals surface area contributed by atoms with E-state index in [1.807, 2.05) is 0 Å². The van der Waals surface area contributed by atoms with Crippen LogP contribution >= 0.6 is 0 Å². The van der Waals surface area contributed by atoms with E-state index in [0.29, 0.717) is 52.1 Å². The average Bonchev–Trinajstić information content (AvgIpc) is 3.13. The summed E-state index contributed by atoms with van der Waals surface area (Å²) in [5.74, 6) is 4.59. The van der Waals surface area contributed by atoms with Crippen molar-refractivity contribution in [3.8, 4) is 6.07 Å². The number of nitrogens with zero attached hydrogens (tertiary/aromatic N) is 1. The maximum Gasteiger partial charge on any atom is 0.141 e. The van der Waals surface area contributed by atoms with Gasteiger partial charge in [0.2, 0.25) is 0 Å². The lowest BCUT2D eigenvalue weighted by atomic mass is 9.32. The van der Waals surface area contributed by atoms with E-state index >= 15 is 0 Å². The van der Waals surface area contributed by atoms with Crippen molar-refractivity contribution in [2.24, 2.45) is 68.5 Å². The zero-order chi connectivity index (χ0) is 24.2. The first-order valence-corrected chi connectivity index (χ1v) is 14.2. The highest BCUT2D eigenvalue weighted by Crippen LogP contribution is 2.77. The number of hydrogen-bond acceptors (Lipinski definition) is 2. The summed E-state index contributed by atoms with van der Waals surface area (Å²) >= 11 is 0. The normalized spacial score (nSPS) is 55.2. The Bertz CT molecular complexity index is 882. The van der Waals surface area contributed by atoms with E-state index in [1.165, 1.54) is 38.5 Å². The van der Waals surface area contributed by atoms with Gasteiger partial charge in [0.15, 0.2) is 0 Å². The lowest BCUT2D eigenvalue weighted by Gasteiger charge is -2.72. The van der Waals surface area contributed by atoms with Crippen molar-refractivity contribution >= 4 is 5.78 Å². The lowest BCUT2D eigenvalue weighted by molar-refractivity contribution is -0.235. The standard InChI is InChI=1S/C31H49NO/c1-19(2)21-11-14-31(18-32)16-15-29(7)22(25(21)31)9-10-24-28(6)17-20(3)26(33)27(4,5)23(28)12-13-30(24,29)8/h19-25H,9-17H2,1-8H3/t20-,21+,22+,23+,24-,25+,28+,29+,30-,31-/m0/s1. The third-order valence-corrected chi connectivity index (χ3v) is 13.5. The van der Waals surface area contributed by atoms with Gasteiger partial charge in [-0.15, -0.1) is 0 Å². The second kappa shape index (κ2) is 7.11. The van der Waals surface area contributed by atoms with E-state index in [1.54, 1.807) is 0 Å². The van der Waals surface area contributed by atoms with E-state index in [0.717, 1.165) is 19.3 Å². The van der Waals surface area contributed by atoms with Crippen molar-refractivity contribution < 1.29 is 4.79 Å². The first kappa shape index (κ1) is 23.9. The van der Waals surface area contributed by atoms with Crippen LogP contribution in [0.25, 0.3) is 0 Å². The zero-order valence-electron chi connectivity index (χ0n) is 22.8. The fourth-order valence-electron chi connectivity index (χ4n) is 12.0. The summed E-state index contributed by atoms with van der Waals surface area (Å²) < 4.78 is 0. The molecule has 5 aliphatic rings. The predicted octanol–water partition coefficient (Wildman–Crippen LogP) is 8.06. The molecule has 2 nitrogen and oxygen atoms in total. The topological polar surface area (TPSA) is 40.9 Å². The first-order valence-electron chi connectivity index (χ1n) is 14.2. The zero-order valence-corrected chi connectivity index (χ0v) is 22.8. The molecule has 0 spiro atoms. The lowest BCUT2D eigenvalue weighted by Crippen LogP contribution is -2.67. The van der Waals surface area contributed by atoms with Gasteiger partial charge in [-0.3, -0.25) is 4.79 Å². The number of rotatable bonds is 1. The summed E-state index contributed by atoms with van der Waals surface area (Å²) in [6.45, 7) is 19.5. The van der Waals surface area contributed by atoms with Crippen molar-refractivity contribution in [2.75, 3.05) is 0 Å². The molecule has 0 radical (unpaired) electrons. The van der Waals surface area contributed by atoms with Crippen molar-refractivity contribution in [3.05, 3.63) is 0 Å². The summed E-state index contributed by atoms with van der Waals surface area (Å²) in [7, 11) is 0. The molecule has 0 amide bonds. The van der Waals surface area contributed by atoms with Crippen LogP contribution in [-0.2, 0) is 4.79 Å². The molecular weight excluding hydrogens is 402 g/mol. The Kier molecular flexibility index (Phi) is 5.14. The van der Waals surface area contributed by atoms with E-state index in [2.05, 4.69) is 61.5 Å². The predicted molar refractivity (Wildman–Crippen MR) is 134 cm³/mol. The first-order chi connectivity index (χ1) is 15.3. The largest absolute Gasteiger partial charge is 0.299 e. The van der Waals surface area contributed by atoms with Gasteiger partial charge in [-0.1, -0.05) is 55.4 Å². The molecule has 0 saturated heterocycles. The Balaban J connectivity index is 1.57. The van der Waals surface area contributed by atoms with Gasteiger partial charge in [0.05, 0.1) is 11.5 Å². The van der Waals surface area contributed by atoms with E-state index in [4.69, 9.17) is 0 Å². The summed E-state index contributed by atoms with van der Waals surface area (Å²) in [4.78, 5) is 13.2. The molecule has 0 aromatic heterocycles. The average molecular weight is 452 g/mol. The van der Waals surface area contributed by atoms with Crippen LogP contribution in [-0.4, -0.2) is 5.78 Å². The Morgan fingerprint density at radius 2 is 1.58 bits per heavy atom. The molecule has 0 bridgehead atoms. The fraction of sp³-hybridized carbons (Fsp3) is 0.935. The van der Waals surface area contributed by atoms with Crippen LogP contribution in [0.1, 0.15) is 113 Å². The third-order valence-electron chi connectivity index (χ3n) is 13.5. The highest BCUT2D eigenvalue weighted by Gasteiger charge is 2.71. The minimum absolute atomic E-state index is 0.0584. The van der Waals surface area contributed by atoms with Crippen LogP contribution in [0.3, 0.4) is 0 Å². The van der Waals surface area contributed by atoms with Gasteiger partial charge in [-0.05, 0) is 110 Å². The Morgan fingerprint density at radius 3 is 2.21 bits per heavy atom. The molecular formula is C31H49NO. The number of carbonyl (C=O) groups is 1. The van der Waals surface area contributed by atoms with Crippen LogP contribution < -0.4 is 0 Å². The highest BCUT2D eigenvalue weighted by atomic mass is 16.1. The number of Topliss-reactive ketones (excluding diaryl/α,β-unsaturated/α-hetero) is 1. The van der Waals surface area contributed by atoms with E-state index in [9.17, 15) is 10.1 Å². The summed E-state index contributed by atoms with van der Waals surface area (Å²) in [5, 5.41) is 10.4. The van der Waals surface area contributed by atoms with Crippen LogP contribution in [0.2, 0.25) is 0 Å². The van der Waals surface area contributed by atoms with Crippen molar-refractivity contribution in [2.45, 2.75) is 113 Å². The van der Waals surface area contributed by atoms with Crippen molar-refractivity contribution in [1.82, 2.24) is 0 Å². The van der Waals surface area contributed by atoms with Crippen LogP contribution in [0.5, 0.6) is 0 Å². The second-order valence-corrected chi connectivity index (χ2v) is 15.1. The molecule has 10 atom stereocenters. The van der Waals surface area contributed by atoms with Crippen molar-refractivity contribution in [3.63, 3.8) is 0 Å². The molecule has 5 aliphatic carbocycles. The number of fused-ring (bicyclic) bond motifs is 7. The Hall–Kier alpha value is -0.840. The fourth-order valence-corrected chi connectivity index (χ4v) is 12.0. The van der Waals surface area contributed by atoms with Crippen LogP contribution in [0, 0.1) is 79.8 Å². The summed E-state index contributed by atoms with van der Waals surface area (Å²) in [6, 6.07) is 2.94. The summed E-state index contributed by atoms with van der Waals surface area (Å²) in [6.07, 6.45) is 10.9. The van der Waals surface area contributed by atoms with Crippen molar-refractivity contribution in [1.29, 1.82) is 5.26 Å². The smallest absolute Gasteiger partial charge is 0.141 e. The number of hydrogen-bond donors (Lipinski definition) is 0. The van der Waals surface area contributed by atoms with Gasteiger partial charge in [0.1, 0.15) is 5.78 Å². The molecule has 5 fully saturated rings. The maximum absolute atomic E-state index is 13.2. The Labute approximate surface area is 203 Å². The Morgan fingerprint density at radius 1 is 0.879 bits per heavy atom. The quantitative estimate of drug-likeness (QED) is 0.404. The molecule has 0 aromatic carbocycles. The molecule has 0 aliphatic heterocycles. The molecule has 0 unspecified atom stereocenters. The highest BCUT2D eigenvalue weighted by molar-refractivity contribution is 5.87. The third kappa shape index (κ3) is 2.75. The maximum atomic E-state index is 13.2. The molecule has 0 heterocycles. The van der Waals surface area contributed by atoms with E-state index in [-0.39, 0.29) is 22.2 Å². The minimum atomic E-state index is -0.192. The van der Waals surface area contributed by atoms with Gasteiger partial charge < -0.3 is 0 Å². The molecule has 5 saturated carbocycles. The SMILES string of the molecule is CC(C)[C@H]1CC[C@@]2(C#N)CC[C@]3(C)[C@H](CC[C@H]4[C@]5(C)C[C@H](C)C(=O)C(C)(C)[C@H]5CC[C@@]43C)[C@@H]12. The van der Waals surface area contributed by atoms with E-state index < -0.39 is 0 Å². The van der Waals surface area contributed by atoms with Crippen LogP contribution in [0.15, 0.2) is 0 Å². The molecule has 33 heavy (non-hydrogen) atoms. The van der Waals surface area contributed by atoms with Gasteiger partial charge >= 0.3 is 0 Å². The van der Waals surface area contributed by atoms with Crippen LogP contribution in [0.4, 0.5) is 0 Å². The number of nitriles is 1. The summed E-state index contributed by atoms with van der Waals surface area (Å²) in [5.41, 5.74) is 0.651. The second-order valence-electron chi connectivity index (χ2n) is 15.1. The number of ketones is 1. The molecule has 0 N–H and O–H groups in total. The monoisotopic (exact) mass is 451 g/mol. The number of carbonyl (C=O) groups excluding carboxylic acids is 1. The van der Waals surface area contributed by atoms with Gasteiger partial charge in [-0.2, -0.15) is 5.26 Å². The van der Waals surface area contributed by atoms with Gasteiger partial charge in [0.25, 0.3) is 0 Å².